The van der Waals surface area contributed by atoms with Gasteiger partial charge in [0.15, 0.2) is 11.6 Å². The Labute approximate surface area is 164 Å². The Hall–Kier alpha value is -3.15. The van der Waals surface area contributed by atoms with Gasteiger partial charge in [0.05, 0.1) is 7.11 Å². The maximum absolute atomic E-state index is 12.7. The highest BCUT2D eigenvalue weighted by Gasteiger charge is 2.18. The highest BCUT2D eigenvalue weighted by molar-refractivity contribution is 5.79. The summed E-state index contributed by atoms with van der Waals surface area (Å²) in [6.07, 6.45) is 0.368. The maximum Gasteiger partial charge on any atom is 0.346 e. The van der Waals surface area contributed by atoms with Gasteiger partial charge in [-0.25, -0.2) is 9.48 Å². The standard InChI is InChI=1S/C22H25N3O3/c1-4-24-21(18-10-12-20(28-3)13-11-18)23-25(22(24)27)15-19(26)14-16(2)17-8-6-5-7-9-17/h5-13,16H,4,14-15H2,1-3H3/t16-/m0/s1. The quantitative estimate of drug-likeness (QED) is 0.601. The summed E-state index contributed by atoms with van der Waals surface area (Å²) in [5, 5.41) is 4.43. The molecule has 0 fully saturated rings. The zero-order chi connectivity index (χ0) is 20.1. The molecule has 2 aromatic carbocycles. The first-order valence-electron chi connectivity index (χ1n) is 9.42. The van der Waals surface area contributed by atoms with Crippen molar-refractivity contribution in [1.29, 1.82) is 0 Å². The maximum atomic E-state index is 12.7. The average Bonchev–Trinajstić information content (AvgIpc) is 3.03. The van der Waals surface area contributed by atoms with Crippen molar-refractivity contribution >= 4 is 5.78 Å². The minimum Gasteiger partial charge on any atom is -0.497 e. The van der Waals surface area contributed by atoms with Crippen molar-refractivity contribution in [1.82, 2.24) is 14.3 Å². The molecule has 0 spiro atoms. The average molecular weight is 379 g/mol. The lowest BCUT2D eigenvalue weighted by molar-refractivity contribution is -0.120. The van der Waals surface area contributed by atoms with E-state index < -0.39 is 0 Å². The molecule has 0 aliphatic heterocycles. The molecule has 0 bridgehead atoms. The van der Waals surface area contributed by atoms with Crippen LogP contribution in [0.4, 0.5) is 0 Å². The van der Waals surface area contributed by atoms with Crippen LogP contribution in [0.3, 0.4) is 0 Å². The lowest BCUT2D eigenvalue weighted by Gasteiger charge is -2.10. The van der Waals surface area contributed by atoms with Gasteiger partial charge in [-0.3, -0.25) is 9.36 Å². The van der Waals surface area contributed by atoms with Gasteiger partial charge in [0, 0.05) is 18.5 Å². The van der Waals surface area contributed by atoms with E-state index in [9.17, 15) is 9.59 Å². The van der Waals surface area contributed by atoms with Crippen LogP contribution in [0, 0.1) is 0 Å². The van der Waals surface area contributed by atoms with Crippen molar-refractivity contribution < 1.29 is 9.53 Å². The Morgan fingerprint density at radius 1 is 1.11 bits per heavy atom. The third-order valence-electron chi connectivity index (χ3n) is 4.82. The number of ether oxygens (including phenoxy) is 1. The smallest absolute Gasteiger partial charge is 0.346 e. The topological polar surface area (TPSA) is 66.1 Å². The molecule has 1 heterocycles. The van der Waals surface area contributed by atoms with E-state index >= 15 is 0 Å². The molecular formula is C22H25N3O3. The molecule has 0 amide bonds. The lowest BCUT2D eigenvalue weighted by atomic mass is 9.96. The van der Waals surface area contributed by atoms with Gasteiger partial charge in [-0.05, 0) is 42.7 Å². The molecule has 6 nitrogen and oxygen atoms in total. The van der Waals surface area contributed by atoms with Crippen LogP contribution in [-0.4, -0.2) is 27.2 Å². The first-order chi connectivity index (χ1) is 13.5. The normalized spacial score (nSPS) is 12.0. The number of methoxy groups -OCH3 is 1. The zero-order valence-electron chi connectivity index (χ0n) is 16.5. The van der Waals surface area contributed by atoms with Crippen molar-refractivity contribution in [2.45, 2.75) is 39.3 Å². The molecule has 0 aliphatic carbocycles. The van der Waals surface area contributed by atoms with E-state index in [4.69, 9.17) is 4.74 Å². The molecular weight excluding hydrogens is 354 g/mol. The Morgan fingerprint density at radius 2 is 1.79 bits per heavy atom. The Morgan fingerprint density at radius 3 is 2.39 bits per heavy atom. The number of benzene rings is 2. The van der Waals surface area contributed by atoms with E-state index in [-0.39, 0.29) is 23.9 Å². The van der Waals surface area contributed by atoms with Crippen LogP contribution in [0.1, 0.15) is 31.7 Å². The van der Waals surface area contributed by atoms with Gasteiger partial charge in [-0.2, -0.15) is 0 Å². The molecule has 0 saturated carbocycles. The van der Waals surface area contributed by atoms with Gasteiger partial charge >= 0.3 is 5.69 Å². The number of aromatic nitrogens is 3. The Bertz CT molecular complexity index is 988. The molecule has 0 unspecified atom stereocenters. The summed E-state index contributed by atoms with van der Waals surface area (Å²) in [6, 6.07) is 17.3. The largest absolute Gasteiger partial charge is 0.497 e. The highest BCUT2D eigenvalue weighted by atomic mass is 16.5. The Kier molecular flexibility index (Phi) is 6.09. The van der Waals surface area contributed by atoms with E-state index in [2.05, 4.69) is 5.10 Å². The number of hydrogen-bond donors (Lipinski definition) is 0. The summed E-state index contributed by atoms with van der Waals surface area (Å²) < 4.78 is 8.02. The van der Waals surface area contributed by atoms with Crippen molar-refractivity contribution in [3.05, 3.63) is 70.6 Å². The lowest BCUT2D eigenvalue weighted by Crippen LogP contribution is -2.28. The van der Waals surface area contributed by atoms with Crippen LogP contribution in [-0.2, 0) is 17.9 Å². The van der Waals surface area contributed by atoms with Crippen LogP contribution >= 0.6 is 0 Å². The molecule has 0 radical (unpaired) electrons. The predicted molar refractivity (Wildman–Crippen MR) is 109 cm³/mol. The van der Waals surface area contributed by atoms with Crippen molar-refractivity contribution in [3.63, 3.8) is 0 Å². The second-order valence-corrected chi connectivity index (χ2v) is 6.79. The number of hydrogen-bond acceptors (Lipinski definition) is 4. The number of rotatable bonds is 8. The third kappa shape index (κ3) is 4.22. The van der Waals surface area contributed by atoms with Crippen molar-refractivity contribution in [3.8, 4) is 17.1 Å². The first kappa shape index (κ1) is 19.6. The van der Waals surface area contributed by atoms with Crippen LogP contribution < -0.4 is 10.4 Å². The molecule has 3 aromatic rings. The van der Waals surface area contributed by atoms with Gasteiger partial charge in [0.1, 0.15) is 12.3 Å². The molecule has 28 heavy (non-hydrogen) atoms. The van der Waals surface area contributed by atoms with Gasteiger partial charge in [0.25, 0.3) is 0 Å². The van der Waals surface area contributed by atoms with Gasteiger partial charge in [-0.15, -0.1) is 5.10 Å². The zero-order valence-corrected chi connectivity index (χ0v) is 16.5. The number of ketones is 1. The summed E-state index contributed by atoms with van der Waals surface area (Å²) in [4.78, 5) is 25.2. The van der Waals surface area contributed by atoms with E-state index in [0.29, 0.717) is 18.8 Å². The fraction of sp³-hybridized carbons (Fsp3) is 0.318. The molecule has 6 heteroatoms. The van der Waals surface area contributed by atoms with Gasteiger partial charge < -0.3 is 4.74 Å². The van der Waals surface area contributed by atoms with E-state index in [0.717, 1.165) is 16.9 Å². The number of carbonyl (C=O) groups excluding carboxylic acids is 1. The number of Topliss-reactive ketones (excluding diaryl/α,β-unsaturated/α-hetero) is 1. The summed E-state index contributed by atoms with van der Waals surface area (Å²) in [5.74, 6) is 1.37. The van der Waals surface area contributed by atoms with Gasteiger partial charge in [0.2, 0.25) is 0 Å². The number of nitrogens with zero attached hydrogens (tertiary/aromatic N) is 3. The minimum atomic E-state index is -0.269. The molecule has 146 valence electrons. The SMILES string of the molecule is CCn1c(-c2ccc(OC)cc2)nn(CC(=O)C[C@H](C)c2ccccc2)c1=O. The molecule has 3 rings (SSSR count). The van der Waals surface area contributed by atoms with E-state index in [1.165, 1.54) is 4.68 Å². The second kappa shape index (κ2) is 8.69. The van der Waals surface area contributed by atoms with Crippen molar-refractivity contribution in [2.24, 2.45) is 0 Å². The molecule has 0 N–H and O–H groups in total. The summed E-state index contributed by atoms with van der Waals surface area (Å²) >= 11 is 0. The monoisotopic (exact) mass is 379 g/mol. The first-order valence-corrected chi connectivity index (χ1v) is 9.42. The Balaban J connectivity index is 1.79. The fourth-order valence-corrected chi connectivity index (χ4v) is 3.26. The number of carbonyl (C=O) groups is 1. The second-order valence-electron chi connectivity index (χ2n) is 6.79. The third-order valence-corrected chi connectivity index (χ3v) is 4.82. The van der Waals surface area contributed by atoms with Crippen LogP contribution in [0.15, 0.2) is 59.4 Å². The summed E-state index contributed by atoms with van der Waals surface area (Å²) in [6.45, 7) is 4.37. The van der Waals surface area contributed by atoms with Crippen LogP contribution in [0.5, 0.6) is 5.75 Å². The fourth-order valence-electron chi connectivity index (χ4n) is 3.26. The van der Waals surface area contributed by atoms with Gasteiger partial charge in [-0.1, -0.05) is 37.3 Å². The van der Waals surface area contributed by atoms with Crippen LogP contribution in [0.2, 0.25) is 0 Å². The molecule has 1 atom stereocenters. The van der Waals surface area contributed by atoms with Crippen molar-refractivity contribution in [2.75, 3.05) is 7.11 Å². The highest BCUT2D eigenvalue weighted by Crippen LogP contribution is 2.21. The minimum absolute atomic E-state index is 0.0134. The summed E-state index contributed by atoms with van der Waals surface area (Å²) in [7, 11) is 1.60. The predicted octanol–water partition coefficient (Wildman–Crippen LogP) is 3.50. The van der Waals surface area contributed by atoms with E-state index in [1.54, 1.807) is 11.7 Å². The van der Waals surface area contributed by atoms with Crippen LogP contribution in [0.25, 0.3) is 11.4 Å². The molecule has 0 aliphatic rings. The molecule has 0 saturated heterocycles. The molecule has 1 aromatic heterocycles. The van der Waals surface area contributed by atoms with E-state index in [1.807, 2.05) is 68.4 Å². The summed E-state index contributed by atoms with van der Waals surface area (Å²) in [5.41, 5.74) is 1.65.